The van der Waals surface area contributed by atoms with E-state index in [0.717, 1.165) is 6.42 Å². The van der Waals surface area contributed by atoms with Crippen LogP contribution in [0, 0.1) is 0 Å². The molecule has 116 valence electrons. The number of sulfonamides is 1. The zero-order valence-electron chi connectivity index (χ0n) is 11.5. The maximum Gasteiger partial charge on any atom is 0.262 e. The second-order valence-corrected chi connectivity index (χ2v) is 6.65. The minimum absolute atomic E-state index is 0.0664. The third kappa shape index (κ3) is 3.10. The molecule has 8 heteroatoms. The van der Waals surface area contributed by atoms with Gasteiger partial charge in [-0.2, -0.15) is 0 Å². The number of hydrogen-bond donors (Lipinski definition) is 1. The van der Waals surface area contributed by atoms with E-state index in [2.05, 4.69) is 9.71 Å². The summed E-state index contributed by atoms with van der Waals surface area (Å²) in [6.07, 6.45) is 2.23. The van der Waals surface area contributed by atoms with E-state index in [0.29, 0.717) is 24.7 Å². The number of benzene rings is 1. The first-order valence-electron chi connectivity index (χ1n) is 6.59. The van der Waals surface area contributed by atoms with Crippen LogP contribution in [0.4, 0.5) is 5.69 Å². The van der Waals surface area contributed by atoms with Gasteiger partial charge in [0.05, 0.1) is 23.8 Å². The molecule has 2 heterocycles. The number of pyridine rings is 1. The molecule has 0 unspecified atom stereocenters. The van der Waals surface area contributed by atoms with Gasteiger partial charge in [-0.25, -0.2) is 13.4 Å². The molecule has 1 aromatic carbocycles. The maximum absolute atomic E-state index is 12.4. The van der Waals surface area contributed by atoms with E-state index < -0.39 is 10.0 Å². The molecule has 0 aliphatic carbocycles. The van der Waals surface area contributed by atoms with Crippen LogP contribution in [0.3, 0.4) is 0 Å². The monoisotopic (exact) mass is 340 g/mol. The summed E-state index contributed by atoms with van der Waals surface area (Å²) < 4.78 is 38.3. The number of nitrogens with zero attached hydrogens (tertiary/aromatic N) is 1. The van der Waals surface area contributed by atoms with Crippen molar-refractivity contribution in [1.82, 2.24) is 4.98 Å². The van der Waals surface area contributed by atoms with E-state index in [9.17, 15) is 8.42 Å². The molecule has 2 aromatic rings. The van der Waals surface area contributed by atoms with Gasteiger partial charge in [0.1, 0.15) is 0 Å². The number of aromatic nitrogens is 1. The SMILES string of the molecule is O=S(=O)(Nc1cccnc1Cl)c1ccc2c(c1)OCCCO2. The van der Waals surface area contributed by atoms with Gasteiger partial charge in [-0.15, -0.1) is 0 Å². The number of ether oxygens (including phenoxy) is 2. The molecule has 22 heavy (non-hydrogen) atoms. The summed E-state index contributed by atoms with van der Waals surface area (Å²) in [5, 5.41) is 0.0837. The van der Waals surface area contributed by atoms with Crippen LogP contribution in [0.2, 0.25) is 5.15 Å². The second kappa shape index (κ2) is 6.02. The van der Waals surface area contributed by atoms with Crippen LogP contribution in [0.15, 0.2) is 41.4 Å². The fourth-order valence-electron chi connectivity index (χ4n) is 1.98. The minimum atomic E-state index is -3.79. The largest absolute Gasteiger partial charge is 0.490 e. The number of hydrogen-bond acceptors (Lipinski definition) is 5. The van der Waals surface area contributed by atoms with Gasteiger partial charge in [-0.3, -0.25) is 4.72 Å². The summed E-state index contributed by atoms with van der Waals surface area (Å²) in [5.41, 5.74) is 0.219. The summed E-state index contributed by atoms with van der Waals surface area (Å²) in [7, 11) is -3.79. The van der Waals surface area contributed by atoms with E-state index in [-0.39, 0.29) is 15.7 Å². The Hall–Kier alpha value is -1.99. The van der Waals surface area contributed by atoms with Crippen molar-refractivity contribution >= 4 is 27.3 Å². The molecule has 0 atom stereocenters. The van der Waals surface area contributed by atoms with Gasteiger partial charge in [0.15, 0.2) is 16.7 Å². The van der Waals surface area contributed by atoms with Crippen LogP contribution >= 0.6 is 11.6 Å². The van der Waals surface area contributed by atoms with Gasteiger partial charge in [0.2, 0.25) is 0 Å². The highest BCUT2D eigenvalue weighted by Crippen LogP contribution is 2.32. The molecule has 6 nitrogen and oxygen atoms in total. The van der Waals surface area contributed by atoms with Gasteiger partial charge in [0, 0.05) is 18.7 Å². The molecule has 0 fully saturated rings. The molecule has 1 aliphatic rings. The molecule has 0 saturated heterocycles. The highest BCUT2D eigenvalue weighted by molar-refractivity contribution is 7.92. The Bertz CT molecular complexity index is 795. The van der Waals surface area contributed by atoms with Crippen LogP contribution in [0.25, 0.3) is 0 Å². The summed E-state index contributed by atoms with van der Waals surface area (Å²) in [6.45, 7) is 1.03. The van der Waals surface area contributed by atoms with E-state index in [4.69, 9.17) is 21.1 Å². The third-order valence-electron chi connectivity index (χ3n) is 3.03. The molecule has 1 N–H and O–H groups in total. The highest BCUT2D eigenvalue weighted by atomic mass is 35.5. The quantitative estimate of drug-likeness (QED) is 0.869. The van der Waals surface area contributed by atoms with Crippen LogP contribution in [0.1, 0.15) is 6.42 Å². The first-order chi connectivity index (χ1) is 10.6. The van der Waals surface area contributed by atoms with E-state index in [1.54, 1.807) is 12.1 Å². The Morgan fingerprint density at radius 3 is 2.68 bits per heavy atom. The summed E-state index contributed by atoms with van der Waals surface area (Å²) in [5.74, 6) is 0.952. The Kier molecular flexibility index (Phi) is 4.08. The zero-order valence-corrected chi connectivity index (χ0v) is 13.0. The van der Waals surface area contributed by atoms with E-state index >= 15 is 0 Å². The number of fused-ring (bicyclic) bond motifs is 1. The Labute approximate surface area is 133 Å². The zero-order chi connectivity index (χ0) is 15.6. The smallest absolute Gasteiger partial charge is 0.262 e. The lowest BCUT2D eigenvalue weighted by molar-refractivity contribution is 0.297. The van der Waals surface area contributed by atoms with Crippen molar-refractivity contribution in [3.8, 4) is 11.5 Å². The number of nitrogens with one attached hydrogen (secondary N) is 1. The summed E-state index contributed by atoms with van der Waals surface area (Å²) in [4.78, 5) is 3.90. The van der Waals surface area contributed by atoms with Gasteiger partial charge in [0.25, 0.3) is 10.0 Å². The fourth-order valence-corrected chi connectivity index (χ4v) is 3.28. The number of halogens is 1. The van der Waals surface area contributed by atoms with Crippen molar-refractivity contribution in [2.45, 2.75) is 11.3 Å². The lowest BCUT2D eigenvalue weighted by Gasteiger charge is -2.11. The Balaban J connectivity index is 1.92. The molecule has 0 spiro atoms. The first kappa shape index (κ1) is 14.9. The molecule has 0 saturated carbocycles. The lowest BCUT2D eigenvalue weighted by atomic mass is 10.3. The van der Waals surface area contributed by atoms with Gasteiger partial charge in [-0.1, -0.05) is 11.6 Å². The van der Waals surface area contributed by atoms with Gasteiger partial charge in [-0.05, 0) is 24.3 Å². The highest BCUT2D eigenvalue weighted by Gasteiger charge is 2.20. The molecule has 3 rings (SSSR count). The van der Waals surface area contributed by atoms with Crippen molar-refractivity contribution in [2.75, 3.05) is 17.9 Å². The van der Waals surface area contributed by atoms with Crippen molar-refractivity contribution in [1.29, 1.82) is 0 Å². The Morgan fingerprint density at radius 1 is 1.14 bits per heavy atom. The van der Waals surface area contributed by atoms with Gasteiger partial charge < -0.3 is 9.47 Å². The first-order valence-corrected chi connectivity index (χ1v) is 8.45. The minimum Gasteiger partial charge on any atom is -0.490 e. The average Bonchev–Trinajstić information content (AvgIpc) is 2.74. The summed E-state index contributed by atoms with van der Waals surface area (Å²) >= 11 is 5.87. The fraction of sp³-hybridized carbons (Fsp3) is 0.214. The van der Waals surface area contributed by atoms with Crippen molar-refractivity contribution in [3.05, 3.63) is 41.7 Å². The van der Waals surface area contributed by atoms with Crippen molar-refractivity contribution in [2.24, 2.45) is 0 Å². The predicted octanol–water partition coefficient (Wildman–Crippen LogP) is 2.70. The normalized spacial score (nSPS) is 14.2. The number of rotatable bonds is 3. The molecule has 1 aromatic heterocycles. The van der Waals surface area contributed by atoms with E-state index in [1.165, 1.54) is 24.4 Å². The average molecular weight is 341 g/mol. The third-order valence-corrected chi connectivity index (χ3v) is 4.70. The van der Waals surface area contributed by atoms with Crippen LogP contribution in [0.5, 0.6) is 11.5 Å². The second-order valence-electron chi connectivity index (χ2n) is 4.61. The molecule has 0 amide bonds. The van der Waals surface area contributed by atoms with E-state index in [1.807, 2.05) is 0 Å². The van der Waals surface area contributed by atoms with Crippen LogP contribution in [-0.4, -0.2) is 26.6 Å². The predicted molar refractivity (Wildman–Crippen MR) is 82.1 cm³/mol. The lowest BCUT2D eigenvalue weighted by Crippen LogP contribution is -2.13. The van der Waals surface area contributed by atoms with Crippen molar-refractivity contribution in [3.63, 3.8) is 0 Å². The van der Waals surface area contributed by atoms with Crippen LogP contribution in [-0.2, 0) is 10.0 Å². The molecule has 1 aliphatic heterocycles. The topological polar surface area (TPSA) is 77.5 Å². The van der Waals surface area contributed by atoms with Crippen molar-refractivity contribution < 1.29 is 17.9 Å². The summed E-state index contributed by atoms with van der Waals surface area (Å²) in [6, 6.07) is 7.61. The Morgan fingerprint density at radius 2 is 1.91 bits per heavy atom. The van der Waals surface area contributed by atoms with Crippen LogP contribution < -0.4 is 14.2 Å². The number of anilines is 1. The standard InChI is InChI=1S/C14H13ClN2O4S/c15-14-11(3-1-6-16-14)17-22(18,19)10-4-5-12-13(9-10)21-8-2-7-20-12/h1,3-6,9,17H,2,7-8H2. The molecule has 0 bridgehead atoms. The molecular weight excluding hydrogens is 328 g/mol. The molecular formula is C14H13ClN2O4S. The maximum atomic E-state index is 12.4. The molecule has 0 radical (unpaired) electrons. The van der Waals surface area contributed by atoms with Gasteiger partial charge >= 0.3 is 0 Å².